The first kappa shape index (κ1) is 17.4. The van der Waals surface area contributed by atoms with Crippen LogP contribution >= 0.6 is 0 Å². The molecule has 4 aromatic rings. The van der Waals surface area contributed by atoms with Gasteiger partial charge in [0, 0.05) is 24.4 Å². The van der Waals surface area contributed by atoms with Crippen LogP contribution in [0.2, 0.25) is 0 Å². The standard InChI is InChI=1S/C20H20FN5O/c1-13-19(23-24-26(13)17-7-5-4-6-16(17)21)14-8-9-18-22-15(10-20(2,3)27)12-25(18)11-14/h4-9,11-12,27H,10H2,1-3H3. The lowest BCUT2D eigenvalue weighted by Gasteiger charge is -2.14. The lowest BCUT2D eigenvalue weighted by atomic mass is 10.0. The van der Waals surface area contributed by atoms with Gasteiger partial charge in [0.25, 0.3) is 0 Å². The number of imidazole rings is 1. The van der Waals surface area contributed by atoms with Gasteiger partial charge in [0.05, 0.1) is 17.0 Å². The van der Waals surface area contributed by atoms with Gasteiger partial charge < -0.3 is 9.51 Å². The molecule has 0 fully saturated rings. The Morgan fingerprint density at radius 1 is 1.11 bits per heavy atom. The van der Waals surface area contributed by atoms with Crippen molar-refractivity contribution in [1.29, 1.82) is 0 Å². The van der Waals surface area contributed by atoms with E-state index in [1.807, 2.05) is 35.9 Å². The topological polar surface area (TPSA) is 68.2 Å². The van der Waals surface area contributed by atoms with Crippen molar-refractivity contribution in [2.45, 2.75) is 32.8 Å². The Morgan fingerprint density at radius 2 is 1.89 bits per heavy atom. The predicted molar refractivity (Wildman–Crippen MR) is 100 cm³/mol. The number of aliphatic hydroxyl groups is 1. The van der Waals surface area contributed by atoms with Crippen molar-refractivity contribution in [3.05, 3.63) is 66.0 Å². The highest BCUT2D eigenvalue weighted by Crippen LogP contribution is 2.24. The molecule has 0 aliphatic carbocycles. The van der Waals surface area contributed by atoms with Gasteiger partial charge in [-0.15, -0.1) is 5.10 Å². The Kier molecular flexibility index (Phi) is 4.04. The molecule has 0 aliphatic rings. The summed E-state index contributed by atoms with van der Waals surface area (Å²) in [6, 6.07) is 10.3. The molecule has 4 rings (SSSR count). The van der Waals surface area contributed by atoms with E-state index < -0.39 is 5.60 Å². The summed E-state index contributed by atoms with van der Waals surface area (Å²) in [5.74, 6) is -0.349. The van der Waals surface area contributed by atoms with Crippen LogP contribution in [0.1, 0.15) is 25.2 Å². The number of aromatic nitrogens is 5. The minimum atomic E-state index is -0.820. The highest BCUT2D eigenvalue weighted by atomic mass is 19.1. The molecule has 0 aliphatic heterocycles. The van der Waals surface area contributed by atoms with Crippen LogP contribution in [0.3, 0.4) is 0 Å². The van der Waals surface area contributed by atoms with Crippen molar-refractivity contribution in [2.75, 3.05) is 0 Å². The van der Waals surface area contributed by atoms with E-state index in [1.54, 1.807) is 32.0 Å². The molecule has 27 heavy (non-hydrogen) atoms. The smallest absolute Gasteiger partial charge is 0.148 e. The van der Waals surface area contributed by atoms with Crippen molar-refractivity contribution in [1.82, 2.24) is 24.4 Å². The number of benzene rings is 1. The number of hydrogen-bond donors (Lipinski definition) is 1. The number of fused-ring (bicyclic) bond motifs is 1. The molecule has 1 N–H and O–H groups in total. The van der Waals surface area contributed by atoms with E-state index in [1.165, 1.54) is 10.7 Å². The minimum Gasteiger partial charge on any atom is -0.390 e. The third-order valence-electron chi connectivity index (χ3n) is 4.36. The second-order valence-corrected chi connectivity index (χ2v) is 7.29. The fourth-order valence-electron chi connectivity index (χ4n) is 3.16. The fraction of sp³-hybridized carbons (Fsp3) is 0.250. The van der Waals surface area contributed by atoms with E-state index >= 15 is 0 Å². The first-order valence-electron chi connectivity index (χ1n) is 8.69. The van der Waals surface area contributed by atoms with Crippen LogP contribution in [-0.4, -0.2) is 35.1 Å². The zero-order chi connectivity index (χ0) is 19.2. The zero-order valence-electron chi connectivity index (χ0n) is 15.4. The van der Waals surface area contributed by atoms with Crippen LogP contribution < -0.4 is 0 Å². The van der Waals surface area contributed by atoms with Crippen molar-refractivity contribution < 1.29 is 9.50 Å². The summed E-state index contributed by atoms with van der Waals surface area (Å²) >= 11 is 0. The zero-order valence-corrected chi connectivity index (χ0v) is 15.4. The predicted octanol–water partition coefficient (Wildman–Crippen LogP) is 3.34. The molecule has 0 saturated carbocycles. The number of rotatable bonds is 4. The number of nitrogens with zero attached hydrogens (tertiary/aromatic N) is 5. The summed E-state index contributed by atoms with van der Waals surface area (Å²) in [7, 11) is 0. The van der Waals surface area contributed by atoms with Gasteiger partial charge in [-0.2, -0.15) is 0 Å². The van der Waals surface area contributed by atoms with Crippen molar-refractivity contribution in [2.24, 2.45) is 0 Å². The van der Waals surface area contributed by atoms with Gasteiger partial charge in [-0.3, -0.25) is 0 Å². The van der Waals surface area contributed by atoms with E-state index in [4.69, 9.17) is 0 Å². The summed E-state index contributed by atoms with van der Waals surface area (Å²) in [6.45, 7) is 5.37. The van der Waals surface area contributed by atoms with Crippen LogP contribution in [0.4, 0.5) is 4.39 Å². The van der Waals surface area contributed by atoms with E-state index in [-0.39, 0.29) is 5.82 Å². The van der Waals surface area contributed by atoms with Gasteiger partial charge in [-0.05, 0) is 45.0 Å². The van der Waals surface area contributed by atoms with Crippen molar-refractivity contribution in [3.8, 4) is 16.9 Å². The summed E-state index contributed by atoms with van der Waals surface area (Å²) in [6.07, 6.45) is 4.28. The second-order valence-electron chi connectivity index (χ2n) is 7.29. The number of hydrogen-bond acceptors (Lipinski definition) is 4. The lowest BCUT2D eigenvalue weighted by Crippen LogP contribution is -2.21. The average Bonchev–Trinajstić information content (AvgIpc) is 3.15. The molecule has 3 aromatic heterocycles. The summed E-state index contributed by atoms with van der Waals surface area (Å²) in [5.41, 5.74) is 3.43. The third-order valence-corrected chi connectivity index (χ3v) is 4.36. The van der Waals surface area contributed by atoms with E-state index in [9.17, 15) is 9.50 Å². The van der Waals surface area contributed by atoms with Crippen LogP contribution in [0, 0.1) is 12.7 Å². The van der Waals surface area contributed by atoms with Gasteiger partial charge in [0.2, 0.25) is 0 Å². The molecule has 0 spiro atoms. The molecule has 3 heterocycles. The summed E-state index contributed by atoms with van der Waals surface area (Å²) in [4.78, 5) is 4.53. The first-order chi connectivity index (χ1) is 12.8. The molecular formula is C20H20FN5O. The Bertz CT molecular complexity index is 1120. The maximum atomic E-state index is 14.1. The second kappa shape index (κ2) is 6.28. The monoisotopic (exact) mass is 365 g/mol. The van der Waals surface area contributed by atoms with Gasteiger partial charge in [0.15, 0.2) is 0 Å². The van der Waals surface area contributed by atoms with Crippen molar-refractivity contribution >= 4 is 5.65 Å². The Hall–Kier alpha value is -3.06. The van der Waals surface area contributed by atoms with Gasteiger partial charge >= 0.3 is 0 Å². The van der Waals surface area contributed by atoms with E-state index in [2.05, 4.69) is 15.3 Å². The fourth-order valence-corrected chi connectivity index (χ4v) is 3.16. The van der Waals surface area contributed by atoms with Crippen LogP contribution in [-0.2, 0) is 6.42 Å². The molecule has 0 saturated heterocycles. The number of halogens is 1. The maximum Gasteiger partial charge on any atom is 0.148 e. The summed E-state index contributed by atoms with van der Waals surface area (Å²) in [5, 5.41) is 18.4. The molecule has 7 heteroatoms. The van der Waals surface area contributed by atoms with Crippen molar-refractivity contribution in [3.63, 3.8) is 0 Å². The maximum absolute atomic E-state index is 14.1. The summed E-state index contributed by atoms with van der Waals surface area (Å²) < 4.78 is 17.5. The number of para-hydroxylation sites is 1. The average molecular weight is 365 g/mol. The molecule has 138 valence electrons. The first-order valence-corrected chi connectivity index (χ1v) is 8.69. The highest BCUT2D eigenvalue weighted by molar-refractivity contribution is 5.63. The minimum absolute atomic E-state index is 0.349. The number of pyridine rings is 1. The Morgan fingerprint density at radius 3 is 2.63 bits per heavy atom. The largest absolute Gasteiger partial charge is 0.390 e. The van der Waals surface area contributed by atoms with E-state index in [0.717, 1.165) is 22.6 Å². The SMILES string of the molecule is Cc1c(-c2ccc3nc(CC(C)(C)O)cn3c2)nnn1-c1ccccc1F. The molecule has 0 amide bonds. The molecule has 0 bridgehead atoms. The molecule has 0 radical (unpaired) electrons. The van der Waals surface area contributed by atoms with Crippen LogP contribution in [0.15, 0.2) is 48.8 Å². The van der Waals surface area contributed by atoms with Gasteiger partial charge in [-0.25, -0.2) is 14.1 Å². The molecule has 6 nitrogen and oxygen atoms in total. The van der Waals surface area contributed by atoms with Gasteiger partial charge in [0.1, 0.15) is 22.8 Å². The quantitative estimate of drug-likeness (QED) is 0.602. The van der Waals surface area contributed by atoms with E-state index in [0.29, 0.717) is 17.8 Å². The lowest BCUT2D eigenvalue weighted by molar-refractivity contribution is 0.0801. The van der Waals surface area contributed by atoms with Gasteiger partial charge in [-0.1, -0.05) is 17.3 Å². The third kappa shape index (κ3) is 3.33. The molecular weight excluding hydrogens is 345 g/mol. The molecule has 0 atom stereocenters. The molecule has 1 aromatic carbocycles. The normalized spacial score (nSPS) is 12.0. The van der Waals surface area contributed by atoms with Crippen LogP contribution in [0.5, 0.6) is 0 Å². The molecule has 0 unspecified atom stereocenters. The highest BCUT2D eigenvalue weighted by Gasteiger charge is 2.17. The Balaban J connectivity index is 1.74. The van der Waals surface area contributed by atoms with Crippen LogP contribution in [0.25, 0.3) is 22.6 Å². The Labute approximate surface area is 155 Å².